The zero-order chi connectivity index (χ0) is 14.0. The summed E-state index contributed by atoms with van der Waals surface area (Å²) >= 11 is 0. The summed E-state index contributed by atoms with van der Waals surface area (Å²) in [7, 11) is 0. The van der Waals surface area contributed by atoms with Crippen LogP contribution < -0.4 is 5.32 Å². The van der Waals surface area contributed by atoms with Gasteiger partial charge in [-0.3, -0.25) is 4.90 Å². The zero-order valence-corrected chi connectivity index (χ0v) is 12.5. The van der Waals surface area contributed by atoms with Gasteiger partial charge >= 0.3 is 0 Å². The lowest BCUT2D eigenvalue weighted by atomic mass is 9.79. The monoisotopic (exact) mass is 266 g/mol. The molecular formula is C16H30N2O. The second-order valence-corrected chi connectivity index (χ2v) is 5.56. The summed E-state index contributed by atoms with van der Waals surface area (Å²) in [5, 5.41) is 3.60. The van der Waals surface area contributed by atoms with Gasteiger partial charge in [0.05, 0.1) is 0 Å². The number of hydrogen-bond acceptors (Lipinski definition) is 3. The Morgan fingerprint density at radius 2 is 1.84 bits per heavy atom. The highest BCUT2D eigenvalue weighted by molar-refractivity contribution is 4.90. The van der Waals surface area contributed by atoms with Gasteiger partial charge in [0, 0.05) is 39.4 Å². The molecule has 0 aromatic rings. The van der Waals surface area contributed by atoms with E-state index in [9.17, 15) is 0 Å². The molecule has 0 aliphatic carbocycles. The summed E-state index contributed by atoms with van der Waals surface area (Å²) in [6.45, 7) is 16.9. The highest BCUT2D eigenvalue weighted by Crippen LogP contribution is 2.31. The molecule has 1 fully saturated rings. The fourth-order valence-corrected chi connectivity index (χ4v) is 2.77. The van der Waals surface area contributed by atoms with E-state index in [0.717, 1.165) is 58.8 Å². The molecule has 0 saturated carbocycles. The van der Waals surface area contributed by atoms with Gasteiger partial charge in [-0.15, -0.1) is 13.2 Å². The van der Waals surface area contributed by atoms with Gasteiger partial charge in [0.15, 0.2) is 0 Å². The molecule has 3 nitrogen and oxygen atoms in total. The Morgan fingerprint density at radius 3 is 2.37 bits per heavy atom. The third-order valence-electron chi connectivity index (χ3n) is 3.81. The smallest absolute Gasteiger partial charge is 0.0472 e. The summed E-state index contributed by atoms with van der Waals surface area (Å²) in [6, 6.07) is 0. The molecule has 1 aliphatic rings. The van der Waals surface area contributed by atoms with Crippen LogP contribution in [0.25, 0.3) is 0 Å². The molecule has 0 amide bonds. The normalized spacial score (nSPS) is 18.4. The van der Waals surface area contributed by atoms with Crippen molar-refractivity contribution in [1.29, 1.82) is 0 Å². The van der Waals surface area contributed by atoms with Gasteiger partial charge in [-0.1, -0.05) is 19.1 Å². The van der Waals surface area contributed by atoms with E-state index in [4.69, 9.17) is 4.74 Å². The van der Waals surface area contributed by atoms with Crippen LogP contribution >= 0.6 is 0 Å². The first kappa shape index (κ1) is 16.4. The van der Waals surface area contributed by atoms with E-state index >= 15 is 0 Å². The van der Waals surface area contributed by atoms with Crippen molar-refractivity contribution < 1.29 is 4.74 Å². The molecule has 0 unspecified atom stereocenters. The van der Waals surface area contributed by atoms with Gasteiger partial charge < -0.3 is 10.1 Å². The first-order valence-corrected chi connectivity index (χ1v) is 7.49. The lowest BCUT2D eigenvalue weighted by molar-refractivity contribution is -0.00101. The highest BCUT2D eigenvalue weighted by atomic mass is 16.5. The van der Waals surface area contributed by atoms with Crippen LogP contribution in [0.2, 0.25) is 0 Å². The second-order valence-electron chi connectivity index (χ2n) is 5.56. The Bertz CT molecular complexity index is 249. The van der Waals surface area contributed by atoms with E-state index in [2.05, 4.69) is 30.3 Å². The minimum absolute atomic E-state index is 0.347. The molecular weight excluding hydrogens is 236 g/mol. The van der Waals surface area contributed by atoms with Crippen molar-refractivity contribution in [3.8, 4) is 0 Å². The lowest BCUT2D eigenvalue weighted by Crippen LogP contribution is -2.47. The molecule has 0 aromatic heterocycles. The Labute approximate surface area is 118 Å². The molecule has 1 heterocycles. The summed E-state index contributed by atoms with van der Waals surface area (Å²) in [6.07, 6.45) is 7.45. The first-order valence-electron chi connectivity index (χ1n) is 7.49. The summed E-state index contributed by atoms with van der Waals surface area (Å²) in [5.41, 5.74) is 0.347. The maximum Gasteiger partial charge on any atom is 0.0472 e. The van der Waals surface area contributed by atoms with Gasteiger partial charge in [0.1, 0.15) is 0 Å². The summed E-state index contributed by atoms with van der Waals surface area (Å²) in [5.74, 6) is 0. The van der Waals surface area contributed by atoms with E-state index in [1.165, 1.54) is 6.42 Å². The van der Waals surface area contributed by atoms with E-state index in [1.54, 1.807) is 0 Å². The van der Waals surface area contributed by atoms with E-state index in [-0.39, 0.29) is 0 Å². The number of rotatable bonds is 10. The van der Waals surface area contributed by atoms with E-state index in [0.29, 0.717) is 5.41 Å². The van der Waals surface area contributed by atoms with Crippen LogP contribution in [-0.4, -0.2) is 50.8 Å². The molecule has 0 aromatic carbocycles. The van der Waals surface area contributed by atoms with Crippen molar-refractivity contribution >= 4 is 0 Å². The minimum Gasteiger partial charge on any atom is -0.381 e. The number of nitrogens with zero attached hydrogens (tertiary/aromatic N) is 1. The molecule has 0 bridgehead atoms. The highest BCUT2D eigenvalue weighted by Gasteiger charge is 2.33. The third kappa shape index (κ3) is 5.89. The van der Waals surface area contributed by atoms with Crippen LogP contribution in [0.4, 0.5) is 0 Å². The van der Waals surface area contributed by atoms with Gasteiger partial charge in [0.25, 0.3) is 0 Å². The Hall–Kier alpha value is -0.640. The van der Waals surface area contributed by atoms with Crippen molar-refractivity contribution in [2.75, 3.05) is 45.9 Å². The largest absolute Gasteiger partial charge is 0.381 e. The molecule has 110 valence electrons. The van der Waals surface area contributed by atoms with Gasteiger partial charge in [-0.2, -0.15) is 0 Å². The van der Waals surface area contributed by atoms with Crippen LogP contribution in [0.3, 0.4) is 0 Å². The third-order valence-corrected chi connectivity index (χ3v) is 3.81. The van der Waals surface area contributed by atoms with E-state index in [1.807, 2.05) is 12.2 Å². The maximum atomic E-state index is 5.55. The van der Waals surface area contributed by atoms with Crippen molar-refractivity contribution in [3.63, 3.8) is 0 Å². The predicted octanol–water partition coefficient (Wildman–Crippen LogP) is 2.46. The summed E-state index contributed by atoms with van der Waals surface area (Å²) < 4.78 is 5.55. The van der Waals surface area contributed by atoms with Crippen molar-refractivity contribution in [2.24, 2.45) is 5.41 Å². The van der Waals surface area contributed by atoms with Crippen LogP contribution in [0, 0.1) is 5.41 Å². The van der Waals surface area contributed by atoms with Gasteiger partial charge in [-0.25, -0.2) is 0 Å². The Morgan fingerprint density at radius 1 is 1.21 bits per heavy atom. The van der Waals surface area contributed by atoms with Crippen molar-refractivity contribution in [2.45, 2.75) is 26.2 Å². The van der Waals surface area contributed by atoms with Crippen molar-refractivity contribution in [1.82, 2.24) is 10.2 Å². The molecule has 0 atom stereocenters. The van der Waals surface area contributed by atoms with Gasteiger partial charge in [-0.05, 0) is 31.2 Å². The second kappa shape index (κ2) is 9.29. The average Bonchev–Trinajstić information content (AvgIpc) is 2.41. The molecule has 1 saturated heterocycles. The van der Waals surface area contributed by atoms with Crippen LogP contribution in [-0.2, 0) is 4.74 Å². The molecule has 3 heteroatoms. The Kier molecular flexibility index (Phi) is 8.03. The minimum atomic E-state index is 0.347. The molecule has 1 N–H and O–H groups in total. The Balaban J connectivity index is 2.59. The fourth-order valence-electron chi connectivity index (χ4n) is 2.77. The van der Waals surface area contributed by atoms with Gasteiger partial charge in [0.2, 0.25) is 0 Å². The quantitative estimate of drug-likeness (QED) is 0.485. The zero-order valence-electron chi connectivity index (χ0n) is 12.5. The predicted molar refractivity (Wildman–Crippen MR) is 82.5 cm³/mol. The first-order chi connectivity index (χ1) is 9.26. The lowest BCUT2D eigenvalue weighted by Gasteiger charge is -2.41. The molecule has 1 aliphatic heterocycles. The van der Waals surface area contributed by atoms with Crippen LogP contribution in [0.15, 0.2) is 25.3 Å². The number of hydrogen-bond donors (Lipinski definition) is 1. The van der Waals surface area contributed by atoms with Crippen molar-refractivity contribution in [3.05, 3.63) is 25.3 Å². The van der Waals surface area contributed by atoms with Crippen LogP contribution in [0.5, 0.6) is 0 Å². The average molecular weight is 266 g/mol. The topological polar surface area (TPSA) is 24.5 Å². The van der Waals surface area contributed by atoms with Crippen LogP contribution in [0.1, 0.15) is 26.2 Å². The molecule has 1 rings (SSSR count). The number of nitrogens with one attached hydrogen (secondary N) is 1. The number of ether oxygens (including phenoxy) is 1. The molecule has 19 heavy (non-hydrogen) atoms. The fraction of sp³-hybridized carbons (Fsp3) is 0.750. The SMILES string of the molecule is C=CCN(CC=C)CC1(CNCCC)CCOCC1. The standard InChI is InChI=1S/C16H30N2O/c1-4-9-17-14-16(7-12-19-13-8-16)15-18(10-5-2)11-6-3/h5-6,17H,2-4,7-15H2,1H3. The van der Waals surface area contributed by atoms with E-state index < -0.39 is 0 Å². The molecule has 0 spiro atoms. The summed E-state index contributed by atoms with van der Waals surface area (Å²) in [4.78, 5) is 2.43. The molecule has 0 radical (unpaired) electrons. The maximum absolute atomic E-state index is 5.55.